The maximum absolute atomic E-state index is 12.0. The molecule has 7 aromatic rings. The second kappa shape index (κ2) is 41.2. The lowest BCUT2D eigenvalue weighted by Crippen LogP contribution is -2.33. The number of pyridine rings is 7. The van der Waals surface area contributed by atoms with Crippen molar-refractivity contribution in [1.82, 2.24) is 34.9 Å². The molecule has 0 saturated carbocycles. The first kappa shape index (κ1) is 95.1. The van der Waals surface area contributed by atoms with E-state index in [2.05, 4.69) is 65.6 Å². The molecule has 0 aromatic carbocycles. The molecule has 0 aliphatic carbocycles. The third-order valence-electron chi connectivity index (χ3n) is 16.0. The summed E-state index contributed by atoms with van der Waals surface area (Å²) in [7, 11) is 2.62. The van der Waals surface area contributed by atoms with Crippen LogP contribution in [-0.2, 0) is 57.3 Å². The number of amides is 4. The number of nitrogen functional groups attached to an aromatic ring is 1. The molecule has 7 aromatic heterocycles. The van der Waals surface area contributed by atoms with Crippen molar-refractivity contribution < 1.29 is 101 Å². The van der Waals surface area contributed by atoms with Crippen LogP contribution >= 0.6 is 0 Å². The molecule has 0 saturated heterocycles. The predicted molar refractivity (Wildman–Crippen MR) is 433 cm³/mol. The van der Waals surface area contributed by atoms with E-state index in [9.17, 15) is 58.6 Å². The maximum atomic E-state index is 12.0. The molecule has 37 heteroatoms. The molecule has 0 unspecified atom stereocenters. The van der Waals surface area contributed by atoms with Gasteiger partial charge in [0.1, 0.15) is 63.2 Å². The van der Waals surface area contributed by atoms with Crippen molar-refractivity contribution in [3.05, 3.63) is 160 Å². The van der Waals surface area contributed by atoms with Gasteiger partial charge in [-0.15, -0.1) is 0 Å². The molecule has 0 spiro atoms. The average molecular weight is 1640 g/mol. The minimum atomic E-state index is -0.890. The highest BCUT2D eigenvalue weighted by Crippen LogP contribution is 2.36. The third kappa shape index (κ3) is 30.0. The first-order valence-electron chi connectivity index (χ1n) is 36.4. The van der Waals surface area contributed by atoms with Crippen LogP contribution in [0.3, 0.4) is 0 Å². The lowest BCUT2D eigenvalue weighted by Gasteiger charge is -2.21. The van der Waals surface area contributed by atoms with Crippen molar-refractivity contribution in [3.8, 4) is 40.2 Å². The number of esters is 4. The number of fused-ring (bicyclic) bond motifs is 4. The zero-order valence-electron chi connectivity index (χ0n) is 69.6. The molecule has 11 rings (SSSR count). The van der Waals surface area contributed by atoms with E-state index in [1.165, 1.54) is 63.0 Å². The molecule has 4 aliphatic heterocycles. The quantitative estimate of drug-likeness (QED) is 0.0194. The lowest BCUT2D eigenvalue weighted by molar-refractivity contribution is -0.390. The molecular weight excluding hydrogens is 1540 g/mol. The van der Waals surface area contributed by atoms with Crippen LogP contribution in [0.25, 0.3) is 12.2 Å². The number of methoxy groups -OCH3 is 2. The Morgan fingerprint density at radius 2 is 0.788 bits per heavy atom. The number of hydrogen-bond acceptors (Lipinski definition) is 31. The number of nitrogens with zero attached hydrogens (tertiary/aromatic N) is 9. The van der Waals surface area contributed by atoms with Gasteiger partial charge >= 0.3 is 35.5 Å². The summed E-state index contributed by atoms with van der Waals surface area (Å²) in [6.07, 6.45) is 16.4. The van der Waals surface area contributed by atoms with Crippen molar-refractivity contribution in [2.45, 2.75) is 136 Å². The van der Waals surface area contributed by atoms with Crippen LogP contribution in [0.2, 0.25) is 0 Å². The van der Waals surface area contributed by atoms with Crippen LogP contribution < -0.4 is 55.4 Å². The van der Waals surface area contributed by atoms with Gasteiger partial charge in [-0.1, -0.05) is 0 Å². The summed E-state index contributed by atoms with van der Waals surface area (Å²) in [6, 6.07) is 19.6. The summed E-state index contributed by atoms with van der Waals surface area (Å²) in [5.74, 6) is 1.48. The number of ether oxygens (including phenoxy) is 10. The van der Waals surface area contributed by atoms with E-state index in [1.807, 2.05) is 27.7 Å². The van der Waals surface area contributed by atoms with Crippen LogP contribution in [0.4, 0.5) is 40.7 Å². The maximum Gasteiger partial charge on any atom is 0.406 e. The van der Waals surface area contributed by atoms with Gasteiger partial charge in [-0.2, -0.15) is 0 Å². The van der Waals surface area contributed by atoms with E-state index < -0.39 is 83.0 Å². The van der Waals surface area contributed by atoms with E-state index in [4.69, 9.17) is 48.7 Å². The summed E-state index contributed by atoms with van der Waals surface area (Å²) in [5.41, 5.74) is 2.01. The molecular formula is C81H102N14O23. The Morgan fingerprint density at radius 1 is 0.475 bits per heavy atom. The highest BCUT2D eigenvalue weighted by Gasteiger charge is 2.38. The summed E-state index contributed by atoms with van der Waals surface area (Å²) in [6.45, 7) is 33.6. The molecule has 4 amide bonds. The second-order valence-corrected chi connectivity index (χ2v) is 32.1. The van der Waals surface area contributed by atoms with Gasteiger partial charge in [-0.25, -0.2) is 34.5 Å². The number of carbonyl (C=O) groups excluding carboxylic acids is 8. The number of anilines is 5. The molecule has 634 valence electrons. The first-order chi connectivity index (χ1) is 54.9. The fraction of sp³-hybridized carbons (Fsp3) is 0.420. The zero-order valence-corrected chi connectivity index (χ0v) is 69.6. The minimum Gasteiger partial charge on any atom is -0.501 e. The Hall–Kier alpha value is -13.5. The molecule has 37 nitrogen and oxygen atoms in total. The molecule has 0 fully saturated rings. The standard InChI is InChI=1S/2C17H22N2O4.C11H14N2O5.C11H16N2O3.2C10H12N2O2.C5H4N2O3/c2*1-16(2,3)23-13(20)7-6-11-8-12-14(18-9-11)19-15(21)17(4,5)10-22-12;1-11(2,10(14)17-3)7-18-8-5-4-6-12-9(8)13(15)16;1-11(2,10(14)15-3)7-16-8-5-4-6-13-9(8)12;2*1-10(2)6-14-7-4-3-5-11-8(7)12-9(10)13;8-4-2-1-3-6-5(4)7(9)10/h2*6-9H,10H2,1-5H3,(H,18,19,21);4-6H,7H2,1-3H3;4-6H,7H2,1-3H3,(H2,12,13);2*3-5H,6H2,1-2H3,(H,11,12,13);1-3,8H/b2*7-6+;;;;;. The monoisotopic (exact) mass is 1640 g/mol. The number of rotatable bonds is 14. The number of nitrogens with two attached hydrogens (primary N) is 1. The largest absolute Gasteiger partial charge is 0.501 e. The van der Waals surface area contributed by atoms with E-state index >= 15 is 0 Å². The van der Waals surface area contributed by atoms with Gasteiger partial charge in [-0.05, 0) is 241 Å². The lowest BCUT2D eigenvalue weighted by atomic mass is 9.94. The minimum absolute atomic E-state index is 0.0273. The number of nitrogens with one attached hydrogen (secondary N) is 4. The number of hydrogen-bond donors (Lipinski definition) is 6. The van der Waals surface area contributed by atoms with Gasteiger partial charge in [0.15, 0.2) is 57.8 Å². The highest BCUT2D eigenvalue weighted by molar-refractivity contribution is 5.98. The average Bonchev–Trinajstić information content (AvgIpc) is 1.71. The van der Waals surface area contributed by atoms with Crippen molar-refractivity contribution >= 4 is 100 Å². The van der Waals surface area contributed by atoms with Crippen molar-refractivity contribution in [1.29, 1.82) is 0 Å². The fourth-order valence-corrected chi connectivity index (χ4v) is 8.99. The topological polar surface area (TPSA) is 500 Å². The second-order valence-electron chi connectivity index (χ2n) is 32.1. The van der Waals surface area contributed by atoms with Crippen LogP contribution in [0, 0.1) is 52.7 Å². The van der Waals surface area contributed by atoms with Gasteiger partial charge in [0.25, 0.3) is 0 Å². The smallest absolute Gasteiger partial charge is 0.406 e. The number of nitro groups is 2. The summed E-state index contributed by atoms with van der Waals surface area (Å²) in [5, 5.41) is 40.5. The van der Waals surface area contributed by atoms with Gasteiger partial charge in [0.2, 0.25) is 35.1 Å². The molecule has 11 heterocycles. The predicted octanol–water partition coefficient (Wildman–Crippen LogP) is 12.0. The number of aromatic hydroxyl groups is 1. The summed E-state index contributed by atoms with van der Waals surface area (Å²) in [4.78, 5) is 140. The van der Waals surface area contributed by atoms with E-state index in [0.29, 0.717) is 82.2 Å². The third-order valence-corrected chi connectivity index (χ3v) is 16.0. The van der Waals surface area contributed by atoms with Gasteiger partial charge in [-0.3, -0.25) is 28.8 Å². The van der Waals surface area contributed by atoms with Gasteiger partial charge in [0, 0.05) is 43.1 Å². The van der Waals surface area contributed by atoms with Crippen molar-refractivity contribution in [2.24, 2.45) is 32.5 Å². The Balaban J connectivity index is 0.000000249. The molecule has 0 atom stereocenters. The van der Waals surface area contributed by atoms with Crippen LogP contribution in [0.1, 0.15) is 136 Å². The van der Waals surface area contributed by atoms with Crippen molar-refractivity contribution in [2.75, 3.05) is 80.9 Å². The highest BCUT2D eigenvalue weighted by atomic mass is 16.6. The van der Waals surface area contributed by atoms with Crippen LogP contribution in [0.15, 0.2) is 128 Å². The van der Waals surface area contributed by atoms with E-state index in [1.54, 1.807) is 189 Å². The summed E-state index contributed by atoms with van der Waals surface area (Å²) >= 11 is 0. The molecule has 4 aliphatic rings. The Labute approximate surface area is 682 Å². The Bertz CT molecular complexity index is 4610. The van der Waals surface area contributed by atoms with E-state index in [0.717, 1.165) is 0 Å². The Morgan fingerprint density at radius 3 is 1.13 bits per heavy atom. The van der Waals surface area contributed by atoms with Crippen LogP contribution in [0.5, 0.6) is 40.2 Å². The number of carbonyl (C=O) groups is 8. The zero-order chi connectivity index (χ0) is 88.4. The Kier molecular flexibility index (Phi) is 33.2. The SMILES string of the molecule is CC(C)(C)OC(=O)/C=C/c1cnc2c(c1)OCC(C)(C)C(=O)N2.CC(C)(C)OC(=O)/C=C/c1cnc2c(c1)OCC(C)(C)C(=O)N2.CC1(C)COc2cccnc2NC1=O.CC1(C)COc2cccnc2NC1=O.COC(=O)C(C)(C)COc1cccnc1N.COC(=O)C(C)(C)COc1cccnc1[N+](=O)[O-].O=[N+]([O-])c1ncccc1O. The fourth-order valence-electron chi connectivity index (χ4n) is 8.99. The molecule has 118 heavy (non-hydrogen) atoms. The first-order valence-corrected chi connectivity index (χ1v) is 36.4. The molecule has 7 N–H and O–H groups in total. The van der Waals surface area contributed by atoms with Gasteiger partial charge < -0.3 is 99.7 Å². The number of aromatic nitrogens is 7. The molecule has 0 bridgehead atoms. The molecule has 0 radical (unpaired) electrons. The van der Waals surface area contributed by atoms with Crippen molar-refractivity contribution in [3.63, 3.8) is 0 Å². The summed E-state index contributed by atoms with van der Waals surface area (Å²) < 4.78 is 52.7. The van der Waals surface area contributed by atoms with Crippen LogP contribution in [-0.4, -0.2) is 162 Å². The van der Waals surface area contributed by atoms with E-state index in [-0.39, 0.29) is 67.6 Å². The van der Waals surface area contributed by atoms with Gasteiger partial charge in [0.05, 0.1) is 46.7 Å². The normalized spacial score (nSPS) is 15.0.